The molecular formula is C16H17BrClNS. The van der Waals surface area contributed by atoms with Gasteiger partial charge in [-0.25, -0.2) is 0 Å². The van der Waals surface area contributed by atoms with Crippen LogP contribution in [0, 0.1) is 0 Å². The van der Waals surface area contributed by atoms with Crippen molar-refractivity contribution in [2.75, 3.05) is 7.05 Å². The molecule has 106 valence electrons. The normalized spacial score (nSPS) is 12.4. The number of hydrogen-bond donors (Lipinski definition) is 1. The molecule has 0 saturated carbocycles. The van der Waals surface area contributed by atoms with Crippen LogP contribution >= 0.6 is 39.3 Å². The average Bonchev–Trinajstić information content (AvgIpc) is 2.46. The number of nitrogens with one attached hydrogen (secondary N) is 1. The first kappa shape index (κ1) is 15.9. The lowest BCUT2D eigenvalue weighted by Gasteiger charge is -2.12. The quantitative estimate of drug-likeness (QED) is 0.680. The van der Waals surface area contributed by atoms with E-state index in [0.717, 1.165) is 20.8 Å². The van der Waals surface area contributed by atoms with E-state index in [2.05, 4.69) is 58.5 Å². The first-order chi connectivity index (χ1) is 9.60. The van der Waals surface area contributed by atoms with E-state index in [9.17, 15) is 0 Å². The lowest BCUT2D eigenvalue weighted by atomic mass is 10.1. The zero-order valence-electron chi connectivity index (χ0n) is 11.5. The SMILES string of the molecule is CNC(C)c1cccc(SCc2ccc(Br)cc2Cl)c1. The summed E-state index contributed by atoms with van der Waals surface area (Å²) in [6, 6.07) is 15.0. The van der Waals surface area contributed by atoms with Crippen molar-refractivity contribution in [2.24, 2.45) is 0 Å². The summed E-state index contributed by atoms with van der Waals surface area (Å²) in [5, 5.41) is 4.07. The number of rotatable bonds is 5. The minimum atomic E-state index is 0.367. The molecule has 2 rings (SSSR count). The molecule has 0 aliphatic heterocycles. The third kappa shape index (κ3) is 4.26. The Kier molecular flexibility index (Phi) is 5.97. The van der Waals surface area contributed by atoms with Crippen molar-refractivity contribution in [2.45, 2.75) is 23.6 Å². The minimum Gasteiger partial charge on any atom is -0.313 e. The van der Waals surface area contributed by atoms with Crippen LogP contribution in [0.15, 0.2) is 51.8 Å². The van der Waals surface area contributed by atoms with Crippen molar-refractivity contribution in [3.05, 3.63) is 63.1 Å². The van der Waals surface area contributed by atoms with E-state index < -0.39 is 0 Å². The number of halogens is 2. The molecule has 1 unspecified atom stereocenters. The number of hydrogen-bond acceptors (Lipinski definition) is 2. The molecule has 0 aliphatic carbocycles. The van der Waals surface area contributed by atoms with E-state index in [4.69, 9.17) is 11.6 Å². The Morgan fingerprint density at radius 3 is 2.75 bits per heavy atom. The van der Waals surface area contributed by atoms with Crippen molar-refractivity contribution in [3.63, 3.8) is 0 Å². The Morgan fingerprint density at radius 1 is 1.25 bits per heavy atom. The summed E-state index contributed by atoms with van der Waals surface area (Å²) in [4.78, 5) is 1.27. The third-order valence-electron chi connectivity index (χ3n) is 3.20. The predicted molar refractivity (Wildman–Crippen MR) is 92.6 cm³/mol. The van der Waals surface area contributed by atoms with Crippen LogP contribution in [0.2, 0.25) is 5.02 Å². The van der Waals surface area contributed by atoms with E-state index in [-0.39, 0.29) is 0 Å². The van der Waals surface area contributed by atoms with Gasteiger partial charge in [0.1, 0.15) is 0 Å². The summed E-state index contributed by atoms with van der Waals surface area (Å²) in [6.07, 6.45) is 0. The Balaban J connectivity index is 2.07. The van der Waals surface area contributed by atoms with Crippen LogP contribution < -0.4 is 5.32 Å². The summed E-state index contributed by atoms with van der Waals surface area (Å²) in [7, 11) is 1.98. The Bertz CT molecular complexity index is 588. The second kappa shape index (κ2) is 7.51. The van der Waals surface area contributed by atoms with Crippen LogP contribution in [0.25, 0.3) is 0 Å². The lowest BCUT2D eigenvalue weighted by Crippen LogP contribution is -2.11. The molecular weight excluding hydrogens is 354 g/mol. The van der Waals surface area contributed by atoms with Gasteiger partial charge in [0.05, 0.1) is 0 Å². The highest BCUT2D eigenvalue weighted by Gasteiger charge is 2.05. The van der Waals surface area contributed by atoms with Crippen LogP contribution in [0.3, 0.4) is 0 Å². The van der Waals surface area contributed by atoms with Gasteiger partial charge in [-0.2, -0.15) is 0 Å². The van der Waals surface area contributed by atoms with Gasteiger partial charge in [0, 0.05) is 26.2 Å². The highest BCUT2D eigenvalue weighted by Crippen LogP contribution is 2.29. The Morgan fingerprint density at radius 2 is 2.05 bits per heavy atom. The van der Waals surface area contributed by atoms with Crippen LogP contribution in [-0.4, -0.2) is 7.05 Å². The first-order valence-corrected chi connectivity index (χ1v) is 8.59. The van der Waals surface area contributed by atoms with Gasteiger partial charge in [-0.1, -0.05) is 45.7 Å². The maximum Gasteiger partial charge on any atom is 0.0457 e. The Hall–Kier alpha value is -0.480. The van der Waals surface area contributed by atoms with Gasteiger partial charge < -0.3 is 5.32 Å². The molecule has 0 aliphatic rings. The topological polar surface area (TPSA) is 12.0 Å². The fourth-order valence-corrected chi connectivity index (χ4v) is 3.63. The van der Waals surface area contributed by atoms with Crippen LogP contribution in [0.1, 0.15) is 24.1 Å². The van der Waals surface area contributed by atoms with Crippen molar-refractivity contribution < 1.29 is 0 Å². The number of thioether (sulfide) groups is 1. The van der Waals surface area contributed by atoms with Gasteiger partial charge in [0.2, 0.25) is 0 Å². The summed E-state index contributed by atoms with van der Waals surface area (Å²) < 4.78 is 1.01. The highest BCUT2D eigenvalue weighted by atomic mass is 79.9. The van der Waals surface area contributed by atoms with E-state index in [1.807, 2.05) is 30.9 Å². The maximum absolute atomic E-state index is 6.25. The molecule has 0 amide bonds. The smallest absolute Gasteiger partial charge is 0.0457 e. The van der Waals surface area contributed by atoms with Crippen molar-refractivity contribution in [3.8, 4) is 0 Å². The zero-order valence-corrected chi connectivity index (χ0v) is 14.6. The molecule has 2 aromatic rings. The van der Waals surface area contributed by atoms with Gasteiger partial charge in [0.15, 0.2) is 0 Å². The molecule has 0 fully saturated rings. The lowest BCUT2D eigenvalue weighted by molar-refractivity contribution is 0.651. The van der Waals surface area contributed by atoms with E-state index in [1.165, 1.54) is 10.5 Å². The maximum atomic E-state index is 6.25. The highest BCUT2D eigenvalue weighted by molar-refractivity contribution is 9.10. The van der Waals surface area contributed by atoms with Gasteiger partial charge in [-0.15, -0.1) is 11.8 Å². The van der Waals surface area contributed by atoms with Gasteiger partial charge in [-0.05, 0) is 49.4 Å². The molecule has 0 aromatic heterocycles. The summed E-state index contributed by atoms with van der Waals surface area (Å²) in [6.45, 7) is 2.16. The molecule has 20 heavy (non-hydrogen) atoms. The fraction of sp³-hybridized carbons (Fsp3) is 0.250. The largest absolute Gasteiger partial charge is 0.313 e. The molecule has 0 bridgehead atoms. The van der Waals surface area contributed by atoms with Crippen molar-refractivity contribution in [1.29, 1.82) is 0 Å². The molecule has 0 heterocycles. The van der Waals surface area contributed by atoms with E-state index >= 15 is 0 Å². The summed E-state index contributed by atoms with van der Waals surface area (Å²) in [5.41, 5.74) is 2.46. The van der Waals surface area contributed by atoms with Crippen LogP contribution in [0.5, 0.6) is 0 Å². The average molecular weight is 371 g/mol. The zero-order chi connectivity index (χ0) is 14.5. The number of benzene rings is 2. The second-order valence-corrected chi connectivity index (χ2v) is 6.98. The van der Waals surface area contributed by atoms with E-state index in [1.54, 1.807) is 0 Å². The van der Waals surface area contributed by atoms with Crippen LogP contribution in [0.4, 0.5) is 0 Å². The molecule has 0 radical (unpaired) electrons. The fourth-order valence-electron chi connectivity index (χ4n) is 1.84. The third-order valence-corrected chi connectivity index (χ3v) is 5.09. The second-order valence-electron chi connectivity index (χ2n) is 4.61. The van der Waals surface area contributed by atoms with Gasteiger partial charge in [-0.3, -0.25) is 0 Å². The summed E-state index contributed by atoms with van der Waals surface area (Å²) in [5.74, 6) is 0.878. The molecule has 1 N–H and O–H groups in total. The molecule has 1 atom stereocenters. The van der Waals surface area contributed by atoms with Gasteiger partial charge >= 0.3 is 0 Å². The molecule has 2 aromatic carbocycles. The van der Waals surface area contributed by atoms with E-state index in [0.29, 0.717) is 6.04 Å². The standard InChI is InChI=1S/C16H17BrClNS/c1-11(19-2)12-4-3-5-15(8-12)20-10-13-6-7-14(17)9-16(13)18/h3-9,11,19H,10H2,1-2H3. The molecule has 0 spiro atoms. The predicted octanol–water partition coefficient (Wildman–Crippen LogP) is 5.68. The minimum absolute atomic E-state index is 0.367. The first-order valence-electron chi connectivity index (χ1n) is 6.44. The molecule has 0 saturated heterocycles. The molecule has 1 nitrogen and oxygen atoms in total. The summed E-state index contributed by atoms with van der Waals surface area (Å²) >= 11 is 11.5. The Labute approximate surface area is 138 Å². The van der Waals surface area contributed by atoms with Crippen LogP contribution in [-0.2, 0) is 5.75 Å². The van der Waals surface area contributed by atoms with Crippen molar-refractivity contribution >= 4 is 39.3 Å². The monoisotopic (exact) mass is 369 g/mol. The van der Waals surface area contributed by atoms with Crippen molar-refractivity contribution in [1.82, 2.24) is 5.32 Å². The molecule has 4 heteroatoms. The van der Waals surface area contributed by atoms with Gasteiger partial charge in [0.25, 0.3) is 0 Å².